The highest BCUT2D eigenvalue weighted by Crippen LogP contribution is 2.21. The number of aromatic nitrogens is 6. The Hall–Kier alpha value is -2.55. The molecule has 3 aromatic rings. The molecule has 0 bridgehead atoms. The lowest BCUT2D eigenvalue weighted by molar-refractivity contribution is 0.305. The normalized spacial score (nSPS) is 12.7. The Morgan fingerprint density at radius 3 is 2.33 bits per heavy atom. The van der Waals surface area contributed by atoms with Crippen LogP contribution in [0.2, 0.25) is 0 Å². The first kappa shape index (κ1) is 19.2. The molecule has 0 radical (unpaired) electrons. The van der Waals surface area contributed by atoms with Gasteiger partial charge in [-0.25, -0.2) is 13.4 Å². The summed E-state index contributed by atoms with van der Waals surface area (Å²) < 4.78 is 27.3. The van der Waals surface area contributed by atoms with Crippen molar-refractivity contribution in [2.24, 2.45) is 0 Å². The van der Waals surface area contributed by atoms with Crippen LogP contribution in [-0.2, 0) is 21.1 Å². The van der Waals surface area contributed by atoms with E-state index in [1.54, 1.807) is 10.8 Å². The second-order valence-corrected chi connectivity index (χ2v) is 9.63. The minimum absolute atomic E-state index is 0.0353. The first-order valence-electron chi connectivity index (χ1n) is 8.74. The first-order valence-corrected chi connectivity index (χ1v) is 10.4. The largest absolute Gasteiger partial charge is 0.291 e. The van der Waals surface area contributed by atoms with Gasteiger partial charge in [-0.05, 0) is 49.6 Å². The molecule has 2 heterocycles. The van der Waals surface area contributed by atoms with Gasteiger partial charge < -0.3 is 0 Å². The van der Waals surface area contributed by atoms with Gasteiger partial charge in [0.2, 0.25) is 15.0 Å². The zero-order valence-electron chi connectivity index (χ0n) is 16.2. The molecule has 0 aliphatic heterocycles. The highest BCUT2D eigenvalue weighted by Gasteiger charge is 2.26. The van der Waals surface area contributed by atoms with Crippen LogP contribution < -0.4 is 0 Å². The third-order valence-electron chi connectivity index (χ3n) is 4.10. The summed E-state index contributed by atoms with van der Waals surface area (Å²) in [7, 11) is -3.73. The molecule has 0 atom stereocenters. The number of tetrazole rings is 1. The molecular formula is C18H24N6O2S. The number of sulfone groups is 1. The molecule has 27 heavy (non-hydrogen) atoms. The fraction of sp³-hybridized carbons (Fsp3) is 0.444. The van der Waals surface area contributed by atoms with Crippen molar-refractivity contribution in [2.75, 3.05) is 0 Å². The fourth-order valence-electron chi connectivity index (χ4n) is 2.56. The third kappa shape index (κ3) is 4.08. The van der Waals surface area contributed by atoms with E-state index in [-0.39, 0.29) is 22.3 Å². The minimum atomic E-state index is -3.73. The van der Waals surface area contributed by atoms with Gasteiger partial charge in [0.1, 0.15) is 5.75 Å². The molecule has 0 aliphatic carbocycles. The van der Waals surface area contributed by atoms with Gasteiger partial charge in [0.25, 0.3) is 0 Å². The Kier molecular flexibility index (Phi) is 4.90. The van der Waals surface area contributed by atoms with Crippen LogP contribution in [0.15, 0.2) is 41.8 Å². The highest BCUT2D eigenvalue weighted by atomic mass is 32.2. The van der Waals surface area contributed by atoms with Gasteiger partial charge in [0.15, 0.2) is 5.82 Å². The lowest BCUT2D eigenvalue weighted by Gasteiger charge is -2.15. The molecule has 1 aromatic carbocycles. The molecule has 8 nitrogen and oxygen atoms in total. The van der Waals surface area contributed by atoms with Gasteiger partial charge in [-0.1, -0.05) is 26.0 Å². The number of nitrogens with zero attached hydrogens (tertiary/aromatic N) is 6. The van der Waals surface area contributed by atoms with Gasteiger partial charge in [0, 0.05) is 18.1 Å². The quantitative estimate of drug-likeness (QED) is 0.667. The molecule has 0 spiro atoms. The molecule has 0 fully saturated rings. The zero-order chi connectivity index (χ0) is 19.8. The van der Waals surface area contributed by atoms with E-state index in [0.717, 1.165) is 5.69 Å². The molecule has 2 aromatic heterocycles. The lowest BCUT2D eigenvalue weighted by Crippen LogP contribution is -2.25. The number of imidazole rings is 1. The van der Waals surface area contributed by atoms with E-state index in [1.807, 2.05) is 45.0 Å². The summed E-state index contributed by atoms with van der Waals surface area (Å²) in [6.07, 6.45) is 3.11. The molecule has 9 heteroatoms. The summed E-state index contributed by atoms with van der Waals surface area (Å²) in [4.78, 5) is 5.48. The molecule has 3 rings (SSSR count). The topological polar surface area (TPSA) is 95.6 Å². The van der Waals surface area contributed by atoms with Crippen molar-refractivity contribution in [3.8, 4) is 5.69 Å². The predicted molar refractivity (Wildman–Crippen MR) is 101 cm³/mol. The summed E-state index contributed by atoms with van der Waals surface area (Å²) in [6.45, 7) is 9.97. The zero-order valence-corrected chi connectivity index (χ0v) is 17.0. The summed E-state index contributed by atoms with van der Waals surface area (Å²) in [5.41, 5.74) is 1.55. The van der Waals surface area contributed by atoms with E-state index in [9.17, 15) is 8.42 Å². The van der Waals surface area contributed by atoms with Crippen LogP contribution in [0.1, 0.15) is 51.9 Å². The van der Waals surface area contributed by atoms with Crippen LogP contribution in [0.3, 0.4) is 0 Å². The molecule has 144 valence electrons. The van der Waals surface area contributed by atoms with Crippen LogP contribution in [0.4, 0.5) is 0 Å². The van der Waals surface area contributed by atoms with Crippen LogP contribution in [0.25, 0.3) is 5.69 Å². The van der Waals surface area contributed by atoms with Crippen LogP contribution >= 0.6 is 0 Å². The minimum Gasteiger partial charge on any atom is -0.291 e. The predicted octanol–water partition coefficient (Wildman–Crippen LogP) is 2.71. The SMILES string of the molecule is CC(C)c1ccc(-n2ccnc2S(=O)(=O)Cc2nnn(C(C)(C)C)n2)cc1. The van der Waals surface area contributed by atoms with Gasteiger partial charge in [-0.2, -0.15) is 4.80 Å². The van der Waals surface area contributed by atoms with Crippen LogP contribution in [0.5, 0.6) is 0 Å². The molecule has 0 aliphatic rings. The van der Waals surface area contributed by atoms with Crippen LogP contribution in [0, 0.1) is 0 Å². The maximum absolute atomic E-state index is 12.9. The van der Waals surface area contributed by atoms with E-state index in [0.29, 0.717) is 5.92 Å². The number of benzene rings is 1. The molecule has 0 N–H and O–H groups in total. The van der Waals surface area contributed by atoms with Gasteiger partial charge in [-0.3, -0.25) is 4.57 Å². The van der Waals surface area contributed by atoms with E-state index in [2.05, 4.69) is 34.2 Å². The van der Waals surface area contributed by atoms with Gasteiger partial charge in [-0.15, -0.1) is 10.2 Å². The van der Waals surface area contributed by atoms with E-state index >= 15 is 0 Å². The summed E-state index contributed by atoms with van der Waals surface area (Å²) in [6, 6.07) is 7.77. The van der Waals surface area contributed by atoms with Crippen molar-refractivity contribution in [1.82, 2.24) is 29.8 Å². The Morgan fingerprint density at radius 1 is 1.11 bits per heavy atom. The summed E-state index contributed by atoms with van der Waals surface area (Å²) in [5, 5.41) is 12.0. The molecule has 0 amide bonds. The highest BCUT2D eigenvalue weighted by molar-refractivity contribution is 7.90. The average molecular weight is 388 g/mol. The maximum atomic E-state index is 12.9. The van der Waals surface area contributed by atoms with E-state index in [1.165, 1.54) is 16.6 Å². The number of hydrogen-bond donors (Lipinski definition) is 0. The van der Waals surface area contributed by atoms with Gasteiger partial charge in [0.05, 0.1) is 5.54 Å². The Bertz CT molecular complexity index is 1030. The standard InChI is InChI=1S/C18H24N6O2S/c1-13(2)14-6-8-15(9-7-14)23-11-10-19-17(23)27(25,26)12-16-20-22-24(21-16)18(3,4)5/h6-11,13H,12H2,1-5H3. The van der Waals surface area contributed by atoms with Crippen molar-refractivity contribution < 1.29 is 8.42 Å². The summed E-state index contributed by atoms with van der Waals surface area (Å²) >= 11 is 0. The molecule has 0 unspecified atom stereocenters. The fourth-order valence-corrected chi connectivity index (χ4v) is 3.83. The van der Waals surface area contributed by atoms with E-state index in [4.69, 9.17) is 0 Å². The Balaban J connectivity index is 1.90. The molecule has 0 saturated carbocycles. The molecular weight excluding hydrogens is 364 g/mol. The number of rotatable bonds is 5. The van der Waals surface area contributed by atoms with Crippen molar-refractivity contribution in [2.45, 2.75) is 57.0 Å². The monoisotopic (exact) mass is 388 g/mol. The second kappa shape index (κ2) is 6.88. The van der Waals surface area contributed by atoms with Crippen molar-refractivity contribution in [3.05, 3.63) is 48.0 Å². The Morgan fingerprint density at radius 2 is 1.78 bits per heavy atom. The second-order valence-electron chi connectivity index (χ2n) is 7.75. The smallest absolute Gasteiger partial charge is 0.232 e. The summed E-state index contributed by atoms with van der Waals surface area (Å²) in [5.74, 6) is 0.195. The van der Waals surface area contributed by atoms with Crippen molar-refractivity contribution in [1.29, 1.82) is 0 Å². The lowest BCUT2D eigenvalue weighted by atomic mass is 10.0. The maximum Gasteiger partial charge on any atom is 0.232 e. The average Bonchev–Trinajstić information content (AvgIpc) is 3.23. The third-order valence-corrected chi connectivity index (χ3v) is 5.59. The number of hydrogen-bond acceptors (Lipinski definition) is 6. The van der Waals surface area contributed by atoms with Crippen molar-refractivity contribution >= 4 is 9.84 Å². The molecule has 0 saturated heterocycles. The first-order chi connectivity index (χ1) is 12.6. The Labute approximate surface area is 159 Å². The van der Waals surface area contributed by atoms with Crippen LogP contribution in [-0.4, -0.2) is 38.2 Å². The van der Waals surface area contributed by atoms with Crippen molar-refractivity contribution in [3.63, 3.8) is 0 Å². The van der Waals surface area contributed by atoms with Gasteiger partial charge >= 0.3 is 0 Å². The van der Waals surface area contributed by atoms with E-state index < -0.39 is 9.84 Å².